The minimum Gasteiger partial charge on any atom is -0.493 e. The molecular weight excluding hydrogens is 228 g/mol. The van der Waals surface area contributed by atoms with Gasteiger partial charge in [0.05, 0.1) is 6.61 Å². The fourth-order valence-corrected chi connectivity index (χ4v) is 2.16. The molecule has 2 rings (SSSR count). The Balaban J connectivity index is 1.96. The molecular formula is C14H20N2O2. The molecule has 1 aromatic carbocycles. The summed E-state index contributed by atoms with van der Waals surface area (Å²) in [6, 6.07) is 6.29. The van der Waals surface area contributed by atoms with Crippen molar-refractivity contribution in [1.29, 1.82) is 0 Å². The Bertz CT molecular complexity index is 432. The first-order valence-corrected chi connectivity index (χ1v) is 6.38. The molecule has 2 amide bonds. The van der Waals surface area contributed by atoms with Gasteiger partial charge in [0.15, 0.2) is 0 Å². The SMILES string of the molecule is CNC(=O)N(C)CCc1ccc2c(c1)CCCO2. The maximum atomic E-state index is 11.4. The summed E-state index contributed by atoms with van der Waals surface area (Å²) in [5.41, 5.74) is 2.55. The summed E-state index contributed by atoms with van der Waals surface area (Å²) in [6.07, 6.45) is 3.06. The summed E-state index contributed by atoms with van der Waals surface area (Å²) in [7, 11) is 3.45. The van der Waals surface area contributed by atoms with Crippen LogP contribution < -0.4 is 10.1 Å². The third kappa shape index (κ3) is 2.94. The maximum absolute atomic E-state index is 11.4. The number of hydrogen-bond acceptors (Lipinski definition) is 2. The highest BCUT2D eigenvalue weighted by atomic mass is 16.5. The van der Waals surface area contributed by atoms with E-state index < -0.39 is 0 Å². The van der Waals surface area contributed by atoms with Crippen LogP contribution in [0.4, 0.5) is 4.79 Å². The molecule has 0 saturated carbocycles. The van der Waals surface area contributed by atoms with Gasteiger partial charge in [0.25, 0.3) is 0 Å². The average molecular weight is 248 g/mol. The van der Waals surface area contributed by atoms with Crippen LogP contribution in [0.15, 0.2) is 18.2 Å². The van der Waals surface area contributed by atoms with E-state index in [0.717, 1.165) is 38.2 Å². The number of aryl methyl sites for hydroxylation is 1. The summed E-state index contributed by atoms with van der Waals surface area (Å²) < 4.78 is 5.59. The number of hydrogen-bond donors (Lipinski definition) is 1. The molecule has 0 atom stereocenters. The number of carbonyl (C=O) groups is 1. The van der Waals surface area contributed by atoms with Crippen LogP contribution >= 0.6 is 0 Å². The van der Waals surface area contributed by atoms with Gasteiger partial charge in [-0.3, -0.25) is 0 Å². The van der Waals surface area contributed by atoms with E-state index in [0.29, 0.717) is 0 Å². The summed E-state index contributed by atoms with van der Waals surface area (Å²) in [5, 5.41) is 2.62. The first kappa shape index (κ1) is 12.7. The van der Waals surface area contributed by atoms with Crippen LogP contribution in [0.25, 0.3) is 0 Å². The Morgan fingerprint density at radius 3 is 3.11 bits per heavy atom. The number of fused-ring (bicyclic) bond motifs is 1. The molecule has 0 aromatic heterocycles. The molecule has 1 aliphatic heterocycles. The molecule has 1 heterocycles. The van der Waals surface area contributed by atoms with E-state index >= 15 is 0 Å². The lowest BCUT2D eigenvalue weighted by Crippen LogP contribution is -2.36. The van der Waals surface area contributed by atoms with Crippen molar-refractivity contribution in [3.05, 3.63) is 29.3 Å². The average Bonchev–Trinajstić information content (AvgIpc) is 2.43. The van der Waals surface area contributed by atoms with Gasteiger partial charge in [-0.1, -0.05) is 12.1 Å². The van der Waals surface area contributed by atoms with Gasteiger partial charge in [-0.15, -0.1) is 0 Å². The number of rotatable bonds is 3. The van der Waals surface area contributed by atoms with Crippen LogP contribution in [-0.2, 0) is 12.8 Å². The van der Waals surface area contributed by atoms with Crippen LogP contribution in [-0.4, -0.2) is 38.2 Å². The Morgan fingerprint density at radius 2 is 2.33 bits per heavy atom. The minimum atomic E-state index is -0.0451. The molecule has 0 bridgehead atoms. The number of benzene rings is 1. The molecule has 4 heteroatoms. The summed E-state index contributed by atoms with van der Waals surface area (Å²) in [4.78, 5) is 13.1. The predicted molar refractivity (Wildman–Crippen MR) is 71.0 cm³/mol. The van der Waals surface area contributed by atoms with Gasteiger partial charge in [-0.05, 0) is 36.5 Å². The van der Waals surface area contributed by atoms with Crippen LogP contribution in [0.1, 0.15) is 17.5 Å². The van der Waals surface area contributed by atoms with E-state index in [1.165, 1.54) is 11.1 Å². The lowest BCUT2D eigenvalue weighted by molar-refractivity contribution is 0.211. The van der Waals surface area contributed by atoms with Gasteiger partial charge in [-0.25, -0.2) is 4.79 Å². The van der Waals surface area contributed by atoms with Crippen molar-refractivity contribution in [2.45, 2.75) is 19.3 Å². The fourth-order valence-electron chi connectivity index (χ4n) is 2.16. The molecule has 0 aliphatic carbocycles. The second kappa shape index (κ2) is 5.76. The second-order valence-electron chi connectivity index (χ2n) is 4.62. The maximum Gasteiger partial charge on any atom is 0.316 e. The van der Waals surface area contributed by atoms with Crippen LogP contribution in [0.2, 0.25) is 0 Å². The van der Waals surface area contributed by atoms with Gasteiger partial charge in [0.2, 0.25) is 0 Å². The Hall–Kier alpha value is -1.71. The second-order valence-corrected chi connectivity index (χ2v) is 4.62. The van der Waals surface area contributed by atoms with Crippen LogP contribution in [0.5, 0.6) is 5.75 Å². The zero-order valence-corrected chi connectivity index (χ0v) is 11.0. The van der Waals surface area contributed by atoms with Crippen molar-refractivity contribution in [1.82, 2.24) is 10.2 Å². The van der Waals surface area contributed by atoms with E-state index in [9.17, 15) is 4.79 Å². The van der Waals surface area contributed by atoms with E-state index in [1.807, 2.05) is 6.07 Å². The number of amides is 2. The number of carbonyl (C=O) groups excluding carboxylic acids is 1. The number of nitrogens with one attached hydrogen (secondary N) is 1. The molecule has 0 unspecified atom stereocenters. The molecule has 4 nitrogen and oxygen atoms in total. The van der Waals surface area contributed by atoms with E-state index in [1.54, 1.807) is 19.0 Å². The minimum absolute atomic E-state index is 0.0451. The quantitative estimate of drug-likeness (QED) is 0.886. The normalized spacial score (nSPS) is 13.4. The molecule has 1 aliphatic rings. The highest BCUT2D eigenvalue weighted by Gasteiger charge is 2.11. The van der Waals surface area contributed by atoms with Gasteiger partial charge in [0, 0.05) is 20.6 Å². The highest BCUT2D eigenvalue weighted by molar-refractivity contribution is 5.73. The number of likely N-dealkylation sites (N-methyl/N-ethyl adjacent to an activating group) is 1. The van der Waals surface area contributed by atoms with E-state index in [2.05, 4.69) is 17.4 Å². The lowest BCUT2D eigenvalue weighted by Gasteiger charge is -2.19. The molecule has 18 heavy (non-hydrogen) atoms. The summed E-state index contributed by atoms with van der Waals surface area (Å²) in [6.45, 7) is 1.55. The molecule has 0 saturated heterocycles. The Kier molecular flexibility index (Phi) is 4.07. The van der Waals surface area contributed by atoms with Crippen molar-refractivity contribution in [3.8, 4) is 5.75 Å². The molecule has 0 fully saturated rings. The Labute approximate surface area is 108 Å². The standard InChI is InChI=1S/C14H20N2O2/c1-15-14(17)16(2)8-7-11-5-6-13-12(10-11)4-3-9-18-13/h5-6,10H,3-4,7-9H2,1-2H3,(H,15,17). The summed E-state index contributed by atoms with van der Waals surface area (Å²) >= 11 is 0. The van der Waals surface area contributed by atoms with E-state index in [4.69, 9.17) is 4.74 Å². The highest BCUT2D eigenvalue weighted by Crippen LogP contribution is 2.25. The zero-order valence-electron chi connectivity index (χ0n) is 11.0. The first-order valence-electron chi connectivity index (χ1n) is 6.38. The van der Waals surface area contributed by atoms with Crippen molar-refractivity contribution < 1.29 is 9.53 Å². The smallest absolute Gasteiger partial charge is 0.316 e. The monoisotopic (exact) mass is 248 g/mol. The van der Waals surface area contributed by atoms with Crippen molar-refractivity contribution in [2.75, 3.05) is 27.2 Å². The van der Waals surface area contributed by atoms with Gasteiger partial charge >= 0.3 is 6.03 Å². The first-order chi connectivity index (χ1) is 8.70. The van der Waals surface area contributed by atoms with Crippen molar-refractivity contribution in [3.63, 3.8) is 0 Å². The number of ether oxygens (including phenoxy) is 1. The van der Waals surface area contributed by atoms with Gasteiger partial charge in [0.1, 0.15) is 5.75 Å². The Morgan fingerprint density at radius 1 is 1.50 bits per heavy atom. The molecule has 1 aromatic rings. The number of nitrogens with zero attached hydrogens (tertiary/aromatic N) is 1. The molecule has 0 spiro atoms. The molecule has 1 N–H and O–H groups in total. The predicted octanol–water partition coefficient (Wildman–Crippen LogP) is 1.83. The third-order valence-electron chi connectivity index (χ3n) is 3.27. The molecule has 0 radical (unpaired) electrons. The largest absolute Gasteiger partial charge is 0.493 e. The van der Waals surface area contributed by atoms with Gasteiger partial charge < -0.3 is 15.0 Å². The topological polar surface area (TPSA) is 41.6 Å². The van der Waals surface area contributed by atoms with E-state index in [-0.39, 0.29) is 6.03 Å². The fraction of sp³-hybridized carbons (Fsp3) is 0.500. The van der Waals surface area contributed by atoms with Crippen LogP contribution in [0, 0.1) is 0 Å². The van der Waals surface area contributed by atoms with Gasteiger partial charge in [-0.2, -0.15) is 0 Å². The third-order valence-corrected chi connectivity index (χ3v) is 3.27. The van der Waals surface area contributed by atoms with Crippen molar-refractivity contribution in [2.24, 2.45) is 0 Å². The zero-order chi connectivity index (χ0) is 13.0. The van der Waals surface area contributed by atoms with Crippen LogP contribution in [0.3, 0.4) is 0 Å². The molecule has 98 valence electrons. The summed E-state index contributed by atoms with van der Waals surface area (Å²) in [5.74, 6) is 1.02. The number of urea groups is 1. The lowest BCUT2D eigenvalue weighted by atomic mass is 10.0. The van der Waals surface area contributed by atoms with Crippen molar-refractivity contribution >= 4 is 6.03 Å².